The molecule has 0 aromatic rings. The van der Waals surface area contributed by atoms with E-state index in [1.54, 1.807) is 0 Å². The minimum absolute atomic E-state index is 0.138. The Hall–Kier alpha value is -0.610. The molecular formula is C17H34N2O2. The van der Waals surface area contributed by atoms with Crippen LogP contribution in [-0.4, -0.2) is 49.7 Å². The predicted octanol–water partition coefficient (Wildman–Crippen LogP) is 2.82. The molecule has 1 heterocycles. The van der Waals surface area contributed by atoms with Crippen molar-refractivity contribution >= 4 is 5.97 Å². The van der Waals surface area contributed by atoms with Crippen molar-refractivity contribution in [2.75, 3.05) is 33.3 Å². The molecule has 1 atom stereocenters. The fraction of sp³-hybridized carbons (Fsp3) is 0.941. The topological polar surface area (TPSA) is 41.6 Å². The highest BCUT2D eigenvalue weighted by atomic mass is 16.5. The summed E-state index contributed by atoms with van der Waals surface area (Å²) in [6.45, 7) is 10.8. The lowest BCUT2D eigenvalue weighted by atomic mass is 9.93. The van der Waals surface area contributed by atoms with Crippen molar-refractivity contribution in [1.29, 1.82) is 0 Å². The monoisotopic (exact) mass is 298 g/mol. The second-order valence-electron chi connectivity index (χ2n) is 6.55. The third-order valence-corrected chi connectivity index (χ3v) is 4.84. The average molecular weight is 298 g/mol. The number of hydrogen-bond acceptors (Lipinski definition) is 4. The van der Waals surface area contributed by atoms with Gasteiger partial charge in [-0.15, -0.1) is 0 Å². The Bertz CT molecular complexity index is 301. The Kier molecular flexibility index (Phi) is 8.27. The lowest BCUT2D eigenvalue weighted by molar-refractivity contribution is -0.148. The lowest BCUT2D eigenvalue weighted by Gasteiger charge is -2.33. The molecule has 0 aromatic heterocycles. The molecule has 1 fully saturated rings. The van der Waals surface area contributed by atoms with E-state index in [-0.39, 0.29) is 5.97 Å². The standard InChI is InChI=1S/C17H34N2O2/c1-5-11-18-17(3,16(20)21-4)10-7-12-19-13-8-15(6-2)9-14-19/h15,18H,5-14H2,1-4H3. The van der Waals surface area contributed by atoms with Gasteiger partial charge in [-0.1, -0.05) is 20.3 Å². The van der Waals surface area contributed by atoms with Crippen molar-refractivity contribution in [3.8, 4) is 0 Å². The van der Waals surface area contributed by atoms with Crippen LogP contribution in [0, 0.1) is 5.92 Å². The zero-order chi connectivity index (χ0) is 15.7. The molecule has 1 rings (SSSR count). The molecule has 1 aliphatic heterocycles. The number of rotatable bonds is 9. The van der Waals surface area contributed by atoms with Crippen molar-refractivity contribution in [2.24, 2.45) is 5.92 Å². The van der Waals surface area contributed by atoms with Gasteiger partial charge in [0, 0.05) is 0 Å². The van der Waals surface area contributed by atoms with E-state index in [1.165, 1.54) is 39.5 Å². The number of methoxy groups -OCH3 is 1. The largest absolute Gasteiger partial charge is 0.468 e. The van der Waals surface area contributed by atoms with E-state index < -0.39 is 5.54 Å². The first-order chi connectivity index (χ1) is 10.1. The van der Waals surface area contributed by atoms with Crippen LogP contribution >= 0.6 is 0 Å². The zero-order valence-corrected chi connectivity index (χ0v) is 14.4. The van der Waals surface area contributed by atoms with Gasteiger partial charge in [-0.05, 0) is 71.1 Å². The summed E-state index contributed by atoms with van der Waals surface area (Å²) in [6.07, 6.45) is 6.89. The van der Waals surface area contributed by atoms with Crippen LogP contribution in [0.1, 0.15) is 59.3 Å². The summed E-state index contributed by atoms with van der Waals surface area (Å²) in [7, 11) is 1.48. The van der Waals surface area contributed by atoms with Crippen LogP contribution in [0.3, 0.4) is 0 Å². The van der Waals surface area contributed by atoms with E-state index in [0.29, 0.717) is 0 Å². The van der Waals surface area contributed by atoms with E-state index in [2.05, 4.69) is 24.1 Å². The molecule has 4 heteroatoms. The quantitative estimate of drug-likeness (QED) is 0.665. The number of hydrogen-bond donors (Lipinski definition) is 1. The molecule has 0 bridgehead atoms. The number of nitrogens with one attached hydrogen (secondary N) is 1. The van der Waals surface area contributed by atoms with Crippen LogP contribution in [-0.2, 0) is 9.53 Å². The molecule has 0 amide bonds. The molecule has 1 N–H and O–H groups in total. The van der Waals surface area contributed by atoms with Crippen molar-refractivity contribution in [2.45, 2.75) is 64.8 Å². The van der Waals surface area contributed by atoms with Crippen molar-refractivity contribution in [3.63, 3.8) is 0 Å². The molecule has 1 saturated heterocycles. The number of ether oxygens (including phenoxy) is 1. The van der Waals surface area contributed by atoms with Crippen molar-refractivity contribution in [1.82, 2.24) is 10.2 Å². The second-order valence-corrected chi connectivity index (χ2v) is 6.55. The van der Waals surface area contributed by atoms with Gasteiger partial charge in [0.1, 0.15) is 5.54 Å². The van der Waals surface area contributed by atoms with Gasteiger partial charge in [-0.25, -0.2) is 0 Å². The molecule has 0 saturated carbocycles. The fourth-order valence-corrected chi connectivity index (χ4v) is 3.16. The predicted molar refractivity (Wildman–Crippen MR) is 87.4 cm³/mol. The van der Waals surface area contributed by atoms with Crippen LogP contribution in [0.15, 0.2) is 0 Å². The molecule has 124 valence electrons. The Morgan fingerprint density at radius 1 is 1.33 bits per heavy atom. The molecule has 0 radical (unpaired) electrons. The van der Waals surface area contributed by atoms with E-state index >= 15 is 0 Å². The Balaban J connectivity index is 2.34. The van der Waals surface area contributed by atoms with Gasteiger partial charge in [0.2, 0.25) is 0 Å². The average Bonchev–Trinajstić information content (AvgIpc) is 2.52. The van der Waals surface area contributed by atoms with Gasteiger partial charge >= 0.3 is 5.97 Å². The highest BCUT2D eigenvalue weighted by molar-refractivity contribution is 5.80. The van der Waals surface area contributed by atoms with Gasteiger partial charge in [-0.2, -0.15) is 0 Å². The Labute approximate surface area is 130 Å². The van der Waals surface area contributed by atoms with Crippen molar-refractivity contribution < 1.29 is 9.53 Å². The maximum Gasteiger partial charge on any atom is 0.325 e. The SMILES string of the molecule is CCCNC(C)(CCCN1CCC(CC)CC1)C(=O)OC. The molecule has 21 heavy (non-hydrogen) atoms. The first-order valence-electron chi connectivity index (χ1n) is 8.61. The number of piperidine rings is 1. The smallest absolute Gasteiger partial charge is 0.325 e. The van der Waals surface area contributed by atoms with Crippen LogP contribution < -0.4 is 5.32 Å². The number of esters is 1. The maximum absolute atomic E-state index is 12.0. The first kappa shape index (κ1) is 18.4. The molecule has 4 nitrogen and oxygen atoms in total. The van der Waals surface area contributed by atoms with Crippen LogP contribution in [0.2, 0.25) is 0 Å². The molecule has 0 spiro atoms. The summed E-state index contributed by atoms with van der Waals surface area (Å²) < 4.78 is 4.97. The van der Waals surface area contributed by atoms with E-state index in [9.17, 15) is 4.79 Å². The molecule has 0 aromatic carbocycles. The molecule has 0 aliphatic carbocycles. The van der Waals surface area contributed by atoms with E-state index in [1.807, 2.05) is 6.92 Å². The van der Waals surface area contributed by atoms with Crippen molar-refractivity contribution in [3.05, 3.63) is 0 Å². The summed E-state index contributed by atoms with van der Waals surface area (Å²) in [5, 5.41) is 3.36. The van der Waals surface area contributed by atoms with Gasteiger partial charge in [0.25, 0.3) is 0 Å². The van der Waals surface area contributed by atoms with Crippen LogP contribution in [0.5, 0.6) is 0 Å². The van der Waals surface area contributed by atoms with E-state index in [4.69, 9.17) is 4.74 Å². The van der Waals surface area contributed by atoms with E-state index in [0.717, 1.165) is 38.3 Å². The van der Waals surface area contributed by atoms with Crippen LogP contribution in [0.4, 0.5) is 0 Å². The Morgan fingerprint density at radius 3 is 2.52 bits per heavy atom. The maximum atomic E-state index is 12.0. The lowest BCUT2D eigenvalue weighted by Crippen LogP contribution is -2.51. The zero-order valence-electron chi connectivity index (χ0n) is 14.4. The summed E-state index contributed by atoms with van der Waals surface area (Å²) >= 11 is 0. The fourth-order valence-electron chi connectivity index (χ4n) is 3.16. The highest BCUT2D eigenvalue weighted by Gasteiger charge is 2.33. The van der Waals surface area contributed by atoms with Gasteiger partial charge in [0.05, 0.1) is 7.11 Å². The summed E-state index contributed by atoms with van der Waals surface area (Å²) in [6, 6.07) is 0. The van der Waals surface area contributed by atoms with Crippen LogP contribution in [0.25, 0.3) is 0 Å². The second kappa shape index (κ2) is 9.42. The third kappa shape index (κ3) is 5.95. The molecule has 1 aliphatic rings. The Morgan fingerprint density at radius 2 is 2.00 bits per heavy atom. The van der Waals surface area contributed by atoms with Gasteiger partial charge in [0.15, 0.2) is 0 Å². The highest BCUT2D eigenvalue weighted by Crippen LogP contribution is 2.21. The number of carbonyl (C=O) groups excluding carboxylic acids is 1. The van der Waals surface area contributed by atoms with Gasteiger partial charge in [-0.3, -0.25) is 4.79 Å². The number of carbonyl (C=O) groups is 1. The first-order valence-corrected chi connectivity index (χ1v) is 8.61. The summed E-state index contributed by atoms with van der Waals surface area (Å²) in [5.41, 5.74) is -0.535. The summed E-state index contributed by atoms with van der Waals surface area (Å²) in [4.78, 5) is 14.6. The molecule has 1 unspecified atom stereocenters. The minimum Gasteiger partial charge on any atom is -0.468 e. The molecular weight excluding hydrogens is 264 g/mol. The normalized spacial score (nSPS) is 20.2. The third-order valence-electron chi connectivity index (χ3n) is 4.84. The number of likely N-dealkylation sites (tertiary alicyclic amines) is 1. The minimum atomic E-state index is -0.535. The summed E-state index contributed by atoms with van der Waals surface area (Å²) in [5.74, 6) is 0.786. The number of nitrogens with zero attached hydrogens (tertiary/aromatic N) is 1. The van der Waals surface area contributed by atoms with Gasteiger partial charge < -0.3 is 15.0 Å².